The van der Waals surface area contributed by atoms with Gasteiger partial charge in [0, 0.05) is 57.8 Å². The van der Waals surface area contributed by atoms with Crippen LogP contribution in [0.25, 0.3) is 11.0 Å². The smallest absolute Gasteiger partial charge is 0.294 e. The van der Waals surface area contributed by atoms with Gasteiger partial charge in [0.05, 0.1) is 21.2 Å². The summed E-state index contributed by atoms with van der Waals surface area (Å²) >= 11 is 0. The van der Waals surface area contributed by atoms with Gasteiger partial charge in [-0.05, 0) is 43.9 Å². The third-order valence-corrected chi connectivity index (χ3v) is 9.42. The zero-order chi connectivity index (χ0) is 28.0. The van der Waals surface area contributed by atoms with Gasteiger partial charge >= 0.3 is 0 Å². The summed E-state index contributed by atoms with van der Waals surface area (Å²) in [5.74, 6) is 0.742. The third-order valence-electron chi connectivity index (χ3n) is 7.33. The number of nitrogens with zero attached hydrogens (tertiary/aromatic N) is 1. The summed E-state index contributed by atoms with van der Waals surface area (Å²) in [7, 11) is -8.62. The molecule has 0 spiro atoms. The molecule has 1 aromatic heterocycles. The van der Waals surface area contributed by atoms with E-state index < -0.39 is 25.5 Å². The van der Waals surface area contributed by atoms with Crippen LogP contribution in [0.4, 0.5) is 0 Å². The molecular weight excluding hydrogens is 564 g/mol. The Morgan fingerprint density at radius 3 is 1.72 bits per heavy atom. The fourth-order valence-corrected chi connectivity index (χ4v) is 5.81. The SMILES string of the molecule is CCCCCCCCCCCCCCCCCc1nc2c(CCC(C)S(=O)(=O)O)cc(S(=O)(=O)O)cc2[nH]1.[K]. The van der Waals surface area contributed by atoms with Gasteiger partial charge in [-0.2, -0.15) is 16.8 Å². The number of aryl methyl sites for hydroxylation is 2. The molecule has 0 saturated carbocycles. The van der Waals surface area contributed by atoms with E-state index in [2.05, 4.69) is 16.9 Å². The van der Waals surface area contributed by atoms with Gasteiger partial charge in [0.1, 0.15) is 5.82 Å². The zero-order valence-electron chi connectivity index (χ0n) is 24.3. The van der Waals surface area contributed by atoms with E-state index in [0.29, 0.717) is 16.6 Å². The first kappa shape index (κ1) is 37.2. The van der Waals surface area contributed by atoms with Crippen molar-refractivity contribution in [3.63, 3.8) is 0 Å². The Morgan fingerprint density at radius 2 is 1.26 bits per heavy atom. The molecule has 1 heterocycles. The minimum Gasteiger partial charge on any atom is -0.342 e. The van der Waals surface area contributed by atoms with Crippen molar-refractivity contribution < 1.29 is 25.9 Å². The molecule has 39 heavy (non-hydrogen) atoms. The molecule has 0 saturated heterocycles. The number of fused-ring (bicyclic) bond motifs is 1. The van der Waals surface area contributed by atoms with Crippen molar-refractivity contribution in [1.82, 2.24) is 9.97 Å². The maximum Gasteiger partial charge on any atom is 0.294 e. The Bertz CT molecular complexity index is 1180. The van der Waals surface area contributed by atoms with Crippen molar-refractivity contribution >= 4 is 82.7 Å². The van der Waals surface area contributed by atoms with Crippen LogP contribution in [-0.4, -0.2) is 92.5 Å². The third kappa shape index (κ3) is 14.7. The van der Waals surface area contributed by atoms with E-state index in [4.69, 9.17) is 0 Å². The molecule has 1 radical (unpaired) electrons. The number of imidazole rings is 1. The van der Waals surface area contributed by atoms with Gasteiger partial charge in [-0.25, -0.2) is 4.98 Å². The molecule has 11 heteroatoms. The van der Waals surface area contributed by atoms with Crippen LogP contribution in [0.15, 0.2) is 17.0 Å². The number of aromatic nitrogens is 2. The van der Waals surface area contributed by atoms with Gasteiger partial charge in [0.15, 0.2) is 0 Å². The Balaban J connectivity index is 0.00000760. The maximum absolute atomic E-state index is 11.7. The predicted molar refractivity (Wildman–Crippen MR) is 160 cm³/mol. The van der Waals surface area contributed by atoms with Gasteiger partial charge in [0.2, 0.25) is 0 Å². The number of hydrogen-bond donors (Lipinski definition) is 3. The molecule has 0 fully saturated rings. The molecule has 3 N–H and O–H groups in total. The van der Waals surface area contributed by atoms with Gasteiger partial charge in [-0.3, -0.25) is 9.11 Å². The monoisotopic (exact) mass is 611 g/mol. The second-order valence-corrected chi connectivity index (χ2v) is 14.0. The zero-order valence-corrected chi connectivity index (χ0v) is 29.0. The standard InChI is InChI=1S/C28H48N2O6S2.K/c1-3-4-5-6-7-8-9-10-11-12-13-14-15-16-17-18-27-29-26-22-25(38(34,35)36)21-24(28(26)30-27)20-19-23(2)37(31,32)33;/h21-23H,3-20H2,1-2H3,(H,29,30)(H,31,32,33)(H,34,35,36);. The largest absolute Gasteiger partial charge is 0.342 e. The van der Waals surface area contributed by atoms with Crippen molar-refractivity contribution in [1.29, 1.82) is 0 Å². The topological polar surface area (TPSA) is 137 Å². The average Bonchev–Trinajstić information content (AvgIpc) is 3.26. The Hall–Kier alpha value is 0.146. The molecule has 0 bridgehead atoms. The van der Waals surface area contributed by atoms with Gasteiger partial charge in [0.25, 0.3) is 20.2 Å². The van der Waals surface area contributed by atoms with E-state index in [9.17, 15) is 25.9 Å². The van der Waals surface area contributed by atoms with Crippen molar-refractivity contribution in [2.45, 2.75) is 140 Å². The van der Waals surface area contributed by atoms with E-state index in [-0.39, 0.29) is 69.1 Å². The van der Waals surface area contributed by atoms with Crippen LogP contribution in [0.1, 0.15) is 128 Å². The van der Waals surface area contributed by atoms with E-state index in [1.807, 2.05) is 0 Å². The molecule has 2 aromatic rings. The molecule has 1 atom stereocenters. The maximum atomic E-state index is 11.7. The van der Waals surface area contributed by atoms with Crippen LogP contribution < -0.4 is 0 Å². The van der Waals surface area contributed by atoms with Crippen molar-refractivity contribution in [2.75, 3.05) is 0 Å². The molecule has 0 aliphatic rings. The van der Waals surface area contributed by atoms with E-state index in [1.54, 1.807) is 0 Å². The van der Waals surface area contributed by atoms with Crippen LogP contribution in [0.2, 0.25) is 0 Å². The number of unbranched alkanes of at least 4 members (excludes halogenated alkanes) is 14. The van der Waals surface area contributed by atoms with E-state index in [1.165, 1.54) is 103 Å². The number of hydrogen-bond acceptors (Lipinski definition) is 5. The molecule has 0 aliphatic carbocycles. The predicted octanol–water partition coefficient (Wildman–Crippen LogP) is 7.05. The number of rotatable bonds is 21. The molecule has 1 aromatic carbocycles. The number of benzene rings is 1. The van der Waals surface area contributed by atoms with Crippen molar-refractivity contribution in [3.05, 3.63) is 23.5 Å². The summed E-state index contributed by atoms with van der Waals surface area (Å²) in [4.78, 5) is 7.53. The Kier molecular flexibility index (Phi) is 18.4. The summed E-state index contributed by atoms with van der Waals surface area (Å²) in [5, 5.41) is -0.995. The quantitative estimate of drug-likeness (QED) is 0.0781. The van der Waals surface area contributed by atoms with E-state index in [0.717, 1.165) is 25.1 Å². The molecule has 8 nitrogen and oxygen atoms in total. The molecular formula is C28H48KN2O6S2. The molecule has 1 unspecified atom stereocenters. The van der Waals surface area contributed by atoms with Crippen molar-refractivity contribution in [3.8, 4) is 0 Å². The fourth-order valence-electron chi connectivity index (χ4n) is 4.84. The first-order valence-electron chi connectivity index (χ1n) is 14.5. The normalized spacial score (nSPS) is 13.0. The van der Waals surface area contributed by atoms with Gasteiger partial charge in [-0.1, -0.05) is 96.8 Å². The molecule has 219 valence electrons. The van der Waals surface area contributed by atoms with Crippen LogP contribution in [0.3, 0.4) is 0 Å². The van der Waals surface area contributed by atoms with Crippen LogP contribution in [0, 0.1) is 0 Å². The molecule has 0 amide bonds. The summed E-state index contributed by atoms with van der Waals surface area (Å²) in [6, 6.07) is 2.68. The first-order chi connectivity index (χ1) is 18.0. The summed E-state index contributed by atoms with van der Waals surface area (Å²) in [5.41, 5.74) is 1.58. The average molecular weight is 612 g/mol. The fraction of sp³-hybridized carbons (Fsp3) is 0.750. The van der Waals surface area contributed by atoms with Crippen LogP contribution >= 0.6 is 0 Å². The number of H-pyrrole nitrogens is 1. The Labute approximate surface area is 278 Å². The first-order valence-corrected chi connectivity index (χ1v) is 17.4. The summed E-state index contributed by atoms with van der Waals surface area (Å²) < 4.78 is 65.0. The second-order valence-electron chi connectivity index (χ2n) is 10.7. The second kappa shape index (κ2) is 19.4. The Morgan fingerprint density at radius 1 is 0.769 bits per heavy atom. The van der Waals surface area contributed by atoms with E-state index >= 15 is 0 Å². The minimum atomic E-state index is -4.43. The van der Waals surface area contributed by atoms with Crippen LogP contribution in [-0.2, 0) is 33.1 Å². The molecule has 0 aliphatic heterocycles. The minimum absolute atomic E-state index is 0. The van der Waals surface area contributed by atoms with Crippen LogP contribution in [0.5, 0.6) is 0 Å². The van der Waals surface area contributed by atoms with Crippen molar-refractivity contribution in [2.24, 2.45) is 0 Å². The molecule has 2 rings (SSSR count). The van der Waals surface area contributed by atoms with Gasteiger partial charge < -0.3 is 4.98 Å². The number of aromatic amines is 1. The summed E-state index contributed by atoms with van der Waals surface area (Å²) in [6.45, 7) is 3.65. The summed E-state index contributed by atoms with van der Waals surface area (Å²) in [6.07, 6.45) is 20.4. The van der Waals surface area contributed by atoms with Gasteiger partial charge in [-0.15, -0.1) is 0 Å². The number of nitrogens with one attached hydrogen (secondary N) is 1.